The maximum atomic E-state index is 12.9. The molecule has 7 heteroatoms. The number of carbonyl (C=O) groups excluding carboxylic acids is 1. The Bertz CT molecular complexity index is 573. The molecule has 1 aromatic heterocycles. The van der Waals surface area contributed by atoms with Crippen LogP contribution in [0.4, 0.5) is 8.78 Å². The number of hydrogen-bond donors (Lipinski definition) is 0. The molecule has 0 amide bonds. The Balaban J connectivity index is 2.25. The summed E-state index contributed by atoms with van der Waals surface area (Å²) in [5.41, 5.74) is 0. The Morgan fingerprint density at radius 3 is 2.71 bits per heavy atom. The largest absolute Gasteiger partial charge is 0.431 e. The molecule has 0 aliphatic heterocycles. The SMILES string of the molecule is O=Cc1sc(Oc2ccc(F)c(F)c2)nc1Br. The first kappa shape index (κ1) is 12.1. The Labute approximate surface area is 107 Å². The lowest BCUT2D eigenvalue weighted by molar-refractivity contribution is 0.112. The number of rotatable bonds is 3. The summed E-state index contributed by atoms with van der Waals surface area (Å²) in [7, 11) is 0. The van der Waals surface area contributed by atoms with Gasteiger partial charge < -0.3 is 4.74 Å². The third kappa shape index (κ3) is 2.67. The predicted molar refractivity (Wildman–Crippen MR) is 61.6 cm³/mol. The van der Waals surface area contributed by atoms with Crippen LogP contribution in [-0.4, -0.2) is 11.3 Å². The molecule has 0 N–H and O–H groups in total. The fraction of sp³-hybridized carbons (Fsp3) is 0. The summed E-state index contributed by atoms with van der Waals surface area (Å²) < 4.78 is 31.1. The summed E-state index contributed by atoms with van der Waals surface area (Å²) in [6, 6.07) is 3.13. The van der Waals surface area contributed by atoms with E-state index in [0.29, 0.717) is 15.8 Å². The fourth-order valence-electron chi connectivity index (χ4n) is 1.05. The highest BCUT2D eigenvalue weighted by molar-refractivity contribution is 9.10. The lowest BCUT2D eigenvalue weighted by atomic mass is 10.3. The van der Waals surface area contributed by atoms with E-state index in [1.807, 2.05) is 0 Å². The highest BCUT2D eigenvalue weighted by Gasteiger charge is 2.11. The Hall–Kier alpha value is -1.34. The molecule has 88 valence electrons. The number of aromatic nitrogens is 1. The molecule has 0 unspecified atom stereocenters. The van der Waals surface area contributed by atoms with Gasteiger partial charge in [-0.3, -0.25) is 4.79 Å². The number of benzene rings is 1. The second kappa shape index (κ2) is 4.89. The number of thiazole rings is 1. The lowest BCUT2D eigenvalue weighted by Gasteiger charge is -2.01. The van der Waals surface area contributed by atoms with Gasteiger partial charge in [-0.1, -0.05) is 11.3 Å². The molecule has 0 fully saturated rings. The molecule has 0 saturated heterocycles. The second-order valence-corrected chi connectivity index (χ2v) is 4.67. The first-order valence-electron chi connectivity index (χ1n) is 4.34. The van der Waals surface area contributed by atoms with Gasteiger partial charge in [0.05, 0.1) is 0 Å². The van der Waals surface area contributed by atoms with E-state index in [-0.39, 0.29) is 10.9 Å². The van der Waals surface area contributed by atoms with Crippen molar-refractivity contribution in [3.63, 3.8) is 0 Å². The van der Waals surface area contributed by atoms with Crippen LogP contribution in [0, 0.1) is 11.6 Å². The van der Waals surface area contributed by atoms with E-state index in [2.05, 4.69) is 20.9 Å². The van der Waals surface area contributed by atoms with Crippen molar-refractivity contribution < 1.29 is 18.3 Å². The second-order valence-electron chi connectivity index (χ2n) is 2.93. The van der Waals surface area contributed by atoms with Crippen LogP contribution in [0.3, 0.4) is 0 Å². The average molecular weight is 320 g/mol. The number of halogens is 3. The lowest BCUT2D eigenvalue weighted by Crippen LogP contribution is -1.87. The zero-order valence-electron chi connectivity index (χ0n) is 8.12. The van der Waals surface area contributed by atoms with Gasteiger partial charge in [0.15, 0.2) is 17.9 Å². The Morgan fingerprint density at radius 2 is 2.12 bits per heavy atom. The summed E-state index contributed by atoms with van der Waals surface area (Å²) in [5.74, 6) is -1.84. The summed E-state index contributed by atoms with van der Waals surface area (Å²) in [5, 5.41) is 0.171. The number of nitrogens with zero attached hydrogens (tertiary/aromatic N) is 1. The van der Waals surface area contributed by atoms with Crippen LogP contribution < -0.4 is 4.74 Å². The third-order valence-corrected chi connectivity index (χ3v) is 3.52. The maximum Gasteiger partial charge on any atom is 0.280 e. The number of ether oxygens (including phenoxy) is 1. The topological polar surface area (TPSA) is 39.2 Å². The van der Waals surface area contributed by atoms with Crippen molar-refractivity contribution in [1.82, 2.24) is 4.98 Å². The minimum atomic E-state index is -1.01. The van der Waals surface area contributed by atoms with E-state index in [0.717, 1.165) is 23.5 Å². The Kier molecular flexibility index (Phi) is 3.49. The van der Waals surface area contributed by atoms with Crippen molar-refractivity contribution in [2.24, 2.45) is 0 Å². The van der Waals surface area contributed by atoms with E-state index >= 15 is 0 Å². The highest BCUT2D eigenvalue weighted by atomic mass is 79.9. The van der Waals surface area contributed by atoms with Gasteiger partial charge in [-0.05, 0) is 28.1 Å². The highest BCUT2D eigenvalue weighted by Crippen LogP contribution is 2.31. The van der Waals surface area contributed by atoms with Gasteiger partial charge in [0.1, 0.15) is 15.2 Å². The molecule has 17 heavy (non-hydrogen) atoms. The molecule has 1 aromatic carbocycles. The normalized spacial score (nSPS) is 10.3. The molecule has 0 spiro atoms. The van der Waals surface area contributed by atoms with Crippen LogP contribution in [-0.2, 0) is 0 Å². The van der Waals surface area contributed by atoms with Crippen LogP contribution in [0.15, 0.2) is 22.8 Å². The average Bonchev–Trinajstić information content (AvgIpc) is 2.64. The van der Waals surface area contributed by atoms with Crippen LogP contribution in [0.25, 0.3) is 0 Å². The fourth-order valence-corrected chi connectivity index (χ4v) is 2.31. The van der Waals surface area contributed by atoms with E-state index in [1.54, 1.807) is 0 Å². The van der Waals surface area contributed by atoms with Crippen molar-refractivity contribution in [3.05, 3.63) is 39.3 Å². The van der Waals surface area contributed by atoms with Gasteiger partial charge in [0.25, 0.3) is 5.19 Å². The summed E-state index contributed by atoms with van der Waals surface area (Å²) in [6.07, 6.45) is 0.625. The number of aldehydes is 1. The maximum absolute atomic E-state index is 12.9. The van der Waals surface area contributed by atoms with E-state index < -0.39 is 11.6 Å². The number of carbonyl (C=O) groups is 1. The molecule has 2 rings (SSSR count). The summed E-state index contributed by atoms with van der Waals surface area (Å²) in [4.78, 5) is 14.8. The van der Waals surface area contributed by atoms with Gasteiger partial charge in [0, 0.05) is 6.07 Å². The van der Waals surface area contributed by atoms with Crippen LogP contribution in [0.2, 0.25) is 0 Å². The molecular formula is C10H4BrF2NO2S. The molecule has 0 aliphatic rings. The minimum absolute atomic E-state index is 0.114. The van der Waals surface area contributed by atoms with Crippen molar-refractivity contribution in [2.45, 2.75) is 0 Å². The molecular weight excluding hydrogens is 316 g/mol. The molecule has 0 radical (unpaired) electrons. The summed E-state index contributed by atoms with van der Waals surface area (Å²) >= 11 is 4.07. The van der Waals surface area contributed by atoms with Crippen LogP contribution in [0.5, 0.6) is 10.9 Å². The standard InChI is InChI=1S/C10H4BrF2NO2S/c11-9-8(4-15)17-10(14-9)16-5-1-2-6(12)7(13)3-5/h1-4H. The van der Waals surface area contributed by atoms with Gasteiger partial charge in [-0.15, -0.1) is 0 Å². The molecule has 0 atom stereocenters. The van der Waals surface area contributed by atoms with Crippen molar-refractivity contribution in [3.8, 4) is 10.9 Å². The molecule has 3 nitrogen and oxygen atoms in total. The molecule has 2 aromatic rings. The zero-order chi connectivity index (χ0) is 12.4. The van der Waals surface area contributed by atoms with Gasteiger partial charge in [0.2, 0.25) is 0 Å². The first-order valence-corrected chi connectivity index (χ1v) is 5.95. The van der Waals surface area contributed by atoms with Crippen molar-refractivity contribution in [2.75, 3.05) is 0 Å². The minimum Gasteiger partial charge on any atom is -0.431 e. The molecule has 0 aliphatic carbocycles. The first-order chi connectivity index (χ1) is 8.10. The number of hydrogen-bond acceptors (Lipinski definition) is 4. The van der Waals surface area contributed by atoms with E-state index in [9.17, 15) is 13.6 Å². The molecule has 1 heterocycles. The van der Waals surface area contributed by atoms with Gasteiger partial charge in [-0.2, -0.15) is 4.98 Å². The van der Waals surface area contributed by atoms with Gasteiger partial charge >= 0.3 is 0 Å². The quantitative estimate of drug-likeness (QED) is 0.808. The smallest absolute Gasteiger partial charge is 0.280 e. The van der Waals surface area contributed by atoms with E-state index in [4.69, 9.17) is 4.74 Å². The zero-order valence-corrected chi connectivity index (χ0v) is 10.5. The monoisotopic (exact) mass is 319 g/mol. The third-order valence-electron chi connectivity index (χ3n) is 1.79. The molecule has 0 saturated carbocycles. The van der Waals surface area contributed by atoms with Crippen LogP contribution >= 0.6 is 27.3 Å². The van der Waals surface area contributed by atoms with Crippen molar-refractivity contribution >= 4 is 33.6 Å². The van der Waals surface area contributed by atoms with E-state index in [1.165, 1.54) is 6.07 Å². The molecule has 0 bridgehead atoms. The summed E-state index contributed by atoms with van der Waals surface area (Å²) in [6.45, 7) is 0. The predicted octanol–water partition coefficient (Wildman–Crippen LogP) is 3.79. The van der Waals surface area contributed by atoms with Gasteiger partial charge in [-0.25, -0.2) is 8.78 Å². The Morgan fingerprint density at radius 1 is 1.35 bits per heavy atom. The van der Waals surface area contributed by atoms with Crippen LogP contribution in [0.1, 0.15) is 9.67 Å². The van der Waals surface area contributed by atoms with Crippen molar-refractivity contribution in [1.29, 1.82) is 0 Å².